The molecule has 1 N–H and O–H groups in total. The molecule has 0 spiro atoms. The second-order valence-electron chi connectivity index (χ2n) is 6.38. The number of nitrogens with one attached hydrogen (secondary N) is 1. The van der Waals surface area contributed by atoms with Crippen molar-refractivity contribution in [3.63, 3.8) is 0 Å². The van der Waals surface area contributed by atoms with E-state index in [9.17, 15) is 8.42 Å². The molecule has 0 aromatic heterocycles. The Hall–Kier alpha value is -1.07. The van der Waals surface area contributed by atoms with Gasteiger partial charge in [0.25, 0.3) is 0 Å². The van der Waals surface area contributed by atoms with Crippen molar-refractivity contribution in [2.45, 2.75) is 51.0 Å². The third-order valence-corrected chi connectivity index (χ3v) is 6.99. The Kier molecular flexibility index (Phi) is 3.74. The number of rotatable bonds is 4. The van der Waals surface area contributed by atoms with Gasteiger partial charge in [-0.2, -0.15) is 4.31 Å². The highest BCUT2D eigenvalue weighted by molar-refractivity contribution is 7.89. The van der Waals surface area contributed by atoms with Gasteiger partial charge in [0.2, 0.25) is 10.0 Å². The molecule has 2 unspecified atom stereocenters. The summed E-state index contributed by atoms with van der Waals surface area (Å²) in [6.07, 6.45) is 3.26. The maximum absolute atomic E-state index is 13.0. The molecule has 2 fully saturated rings. The highest BCUT2D eigenvalue weighted by Gasteiger charge is 2.44. The lowest BCUT2D eigenvalue weighted by molar-refractivity contribution is 0.333. The quantitative estimate of drug-likeness (QED) is 0.930. The van der Waals surface area contributed by atoms with Crippen molar-refractivity contribution >= 4 is 15.7 Å². The van der Waals surface area contributed by atoms with E-state index in [1.54, 1.807) is 4.31 Å². The smallest absolute Gasteiger partial charge is 0.243 e. The van der Waals surface area contributed by atoms with E-state index in [0.717, 1.165) is 36.2 Å². The van der Waals surface area contributed by atoms with Crippen LogP contribution in [0.15, 0.2) is 17.0 Å². The Morgan fingerprint density at radius 1 is 1.24 bits per heavy atom. The van der Waals surface area contributed by atoms with E-state index in [1.165, 1.54) is 6.42 Å². The average molecular weight is 308 g/mol. The van der Waals surface area contributed by atoms with Crippen LogP contribution in [0.25, 0.3) is 0 Å². The number of piperidine rings is 1. The van der Waals surface area contributed by atoms with E-state index in [1.807, 2.05) is 32.9 Å². The van der Waals surface area contributed by atoms with Gasteiger partial charge in [0.1, 0.15) is 0 Å². The number of sulfonamides is 1. The van der Waals surface area contributed by atoms with Crippen LogP contribution in [0.5, 0.6) is 0 Å². The topological polar surface area (TPSA) is 49.4 Å². The number of fused-ring (bicyclic) bond motifs is 2. The zero-order valence-electron chi connectivity index (χ0n) is 13.0. The van der Waals surface area contributed by atoms with Crippen LogP contribution in [-0.4, -0.2) is 31.9 Å². The largest absolute Gasteiger partial charge is 0.385 e. The molecule has 1 aliphatic heterocycles. The molecular weight excluding hydrogens is 284 g/mol. The molecule has 1 saturated heterocycles. The molecule has 116 valence electrons. The van der Waals surface area contributed by atoms with E-state index in [2.05, 4.69) is 5.32 Å². The molecule has 0 radical (unpaired) electrons. The van der Waals surface area contributed by atoms with E-state index in [-0.39, 0.29) is 6.04 Å². The second-order valence-corrected chi connectivity index (χ2v) is 8.20. The van der Waals surface area contributed by atoms with Crippen LogP contribution >= 0.6 is 0 Å². The van der Waals surface area contributed by atoms with Gasteiger partial charge in [-0.3, -0.25) is 0 Å². The van der Waals surface area contributed by atoms with E-state index in [0.29, 0.717) is 17.4 Å². The molecule has 1 saturated carbocycles. The summed E-state index contributed by atoms with van der Waals surface area (Å²) in [5, 5.41) is 3.26. The molecule has 1 aromatic rings. The van der Waals surface area contributed by atoms with Gasteiger partial charge in [-0.25, -0.2) is 8.42 Å². The monoisotopic (exact) mass is 308 g/mol. The van der Waals surface area contributed by atoms with Gasteiger partial charge in [-0.05, 0) is 69.2 Å². The molecule has 4 nitrogen and oxygen atoms in total. The Bertz CT molecular complexity index is 631. The summed E-state index contributed by atoms with van der Waals surface area (Å²) in [6, 6.07) is 4.11. The van der Waals surface area contributed by atoms with Gasteiger partial charge in [0.15, 0.2) is 0 Å². The summed E-state index contributed by atoms with van der Waals surface area (Å²) >= 11 is 0. The number of hydrogen-bond donors (Lipinski definition) is 1. The zero-order chi connectivity index (χ0) is 15.2. The fourth-order valence-corrected chi connectivity index (χ4v) is 6.11. The van der Waals surface area contributed by atoms with Crippen molar-refractivity contribution in [2.24, 2.45) is 5.92 Å². The lowest BCUT2D eigenvalue weighted by atomic mass is 10.1. The van der Waals surface area contributed by atoms with Gasteiger partial charge in [-0.1, -0.05) is 0 Å². The Morgan fingerprint density at radius 2 is 1.90 bits per heavy atom. The molecule has 3 rings (SSSR count). The molecule has 1 aliphatic carbocycles. The fraction of sp³-hybridized carbons (Fsp3) is 0.625. The van der Waals surface area contributed by atoms with Gasteiger partial charge >= 0.3 is 0 Å². The van der Waals surface area contributed by atoms with Crippen LogP contribution < -0.4 is 5.32 Å². The molecular formula is C16H24N2O2S. The predicted octanol–water partition coefficient (Wildman–Crippen LogP) is 2.91. The maximum atomic E-state index is 13.0. The summed E-state index contributed by atoms with van der Waals surface area (Å²) in [6.45, 7) is 7.38. The van der Waals surface area contributed by atoms with Crippen LogP contribution in [0, 0.1) is 19.8 Å². The second kappa shape index (κ2) is 5.29. The number of aryl methyl sites for hydroxylation is 2. The number of hydrogen-bond acceptors (Lipinski definition) is 3. The number of nitrogens with zero attached hydrogens (tertiary/aromatic N) is 1. The van der Waals surface area contributed by atoms with E-state index in [4.69, 9.17) is 0 Å². The van der Waals surface area contributed by atoms with Crippen molar-refractivity contribution in [3.8, 4) is 0 Å². The van der Waals surface area contributed by atoms with Gasteiger partial charge in [-0.15, -0.1) is 0 Å². The number of benzene rings is 1. The molecule has 2 bridgehead atoms. The van der Waals surface area contributed by atoms with Crippen LogP contribution in [0.4, 0.5) is 5.69 Å². The SMILES string of the molecule is CCNc1cc(C)c(S(=O)(=O)N2CC3CCC2C3)c(C)c1. The molecule has 21 heavy (non-hydrogen) atoms. The van der Waals surface area contributed by atoms with Crippen LogP contribution in [0.1, 0.15) is 37.3 Å². The summed E-state index contributed by atoms with van der Waals surface area (Å²) < 4.78 is 27.8. The van der Waals surface area contributed by atoms with Crippen molar-refractivity contribution in [1.29, 1.82) is 0 Å². The van der Waals surface area contributed by atoms with Crippen molar-refractivity contribution in [2.75, 3.05) is 18.4 Å². The molecule has 2 aliphatic rings. The molecule has 1 heterocycles. The summed E-state index contributed by atoms with van der Waals surface area (Å²) in [4.78, 5) is 0.511. The predicted molar refractivity (Wildman–Crippen MR) is 85.1 cm³/mol. The maximum Gasteiger partial charge on any atom is 0.243 e. The van der Waals surface area contributed by atoms with Gasteiger partial charge in [0.05, 0.1) is 4.90 Å². The zero-order valence-corrected chi connectivity index (χ0v) is 13.8. The Balaban J connectivity index is 1.99. The molecule has 5 heteroatoms. The summed E-state index contributed by atoms with van der Waals surface area (Å²) in [5.74, 6) is 0.575. The van der Waals surface area contributed by atoms with Crippen molar-refractivity contribution in [3.05, 3.63) is 23.3 Å². The highest BCUT2D eigenvalue weighted by Crippen LogP contribution is 2.41. The average Bonchev–Trinajstić information content (AvgIpc) is 3.00. The van der Waals surface area contributed by atoms with Crippen molar-refractivity contribution < 1.29 is 8.42 Å². The van der Waals surface area contributed by atoms with E-state index >= 15 is 0 Å². The fourth-order valence-electron chi connectivity index (χ4n) is 3.95. The molecule has 2 atom stereocenters. The minimum Gasteiger partial charge on any atom is -0.385 e. The Morgan fingerprint density at radius 3 is 2.38 bits per heavy atom. The highest BCUT2D eigenvalue weighted by atomic mass is 32.2. The van der Waals surface area contributed by atoms with Crippen LogP contribution in [0.2, 0.25) is 0 Å². The van der Waals surface area contributed by atoms with E-state index < -0.39 is 10.0 Å². The number of anilines is 1. The lowest BCUT2D eigenvalue weighted by Crippen LogP contribution is -2.38. The normalized spacial score (nSPS) is 25.5. The first-order chi connectivity index (χ1) is 9.93. The Labute approximate surface area is 127 Å². The first-order valence-corrected chi connectivity index (χ1v) is 9.24. The minimum absolute atomic E-state index is 0.229. The third kappa shape index (κ3) is 2.46. The lowest BCUT2D eigenvalue weighted by Gasteiger charge is -2.27. The molecule has 0 amide bonds. The summed E-state index contributed by atoms with van der Waals surface area (Å²) in [5.41, 5.74) is 2.68. The first kappa shape index (κ1) is 14.9. The third-order valence-electron chi connectivity index (χ3n) is 4.77. The van der Waals surface area contributed by atoms with Gasteiger partial charge in [0, 0.05) is 24.8 Å². The minimum atomic E-state index is -3.36. The van der Waals surface area contributed by atoms with Gasteiger partial charge < -0.3 is 5.32 Å². The van der Waals surface area contributed by atoms with Crippen LogP contribution in [0.3, 0.4) is 0 Å². The first-order valence-electron chi connectivity index (χ1n) is 7.80. The van der Waals surface area contributed by atoms with Crippen molar-refractivity contribution in [1.82, 2.24) is 4.31 Å². The molecule has 1 aromatic carbocycles. The summed E-state index contributed by atoms with van der Waals surface area (Å²) in [7, 11) is -3.36. The standard InChI is InChI=1S/C16H24N2O2S/c1-4-17-14-7-11(2)16(12(3)8-14)21(19,20)18-10-13-5-6-15(18)9-13/h7-8,13,15,17H,4-6,9-10H2,1-3H3. The van der Waals surface area contributed by atoms with Crippen LogP contribution in [-0.2, 0) is 10.0 Å².